The number of hydrogen-bond acceptors (Lipinski definition) is 4. The van der Waals surface area contributed by atoms with E-state index in [9.17, 15) is 4.79 Å². The number of thiazole rings is 1. The third-order valence-corrected chi connectivity index (χ3v) is 5.49. The van der Waals surface area contributed by atoms with Crippen LogP contribution in [-0.4, -0.2) is 15.9 Å². The molecule has 2 heterocycles. The lowest BCUT2D eigenvalue weighted by molar-refractivity contribution is 0.0984. The van der Waals surface area contributed by atoms with Crippen LogP contribution in [0, 0.1) is 13.8 Å². The highest BCUT2D eigenvalue weighted by Crippen LogP contribution is 2.31. The molecule has 0 atom stereocenters. The first-order valence-electron chi connectivity index (χ1n) is 8.76. The maximum absolute atomic E-state index is 13.5. The number of amides is 1. The van der Waals surface area contributed by atoms with Crippen LogP contribution in [0.25, 0.3) is 10.2 Å². The molecule has 0 fully saturated rings. The molecule has 0 aliphatic heterocycles. The molecule has 4 nitrogen and oxygen atoms in total. The first kappa shape index (κ1) is 17.4. The molecule has 0 spiro atoms. The predicted molar refractivity (Wildman–Crippen MR) is 110 cm³/mol. The third kappa shape index (κ3) is 3.59. The average molecular weight is 373 g/mol. The summed E-state index contributed by atoms with van der Waals surface area (Å²) in [6.07, 6.45) is 1.74. The Morgan fingerprint density at radius 2 is 1.85 bits per heavy atom. The summed E-state index contributed by atoms with van der Waals surface area (Å²) in [6.45, 7) is 4.34. The number of nitrogens with zero attached hydrogens (tertiary/aromatic N) is 3. The fourth-order valence-corrected chi connectivity index (χ4v) is 3.93. The first-order chi connectivity index (χ1) is 13.1. The SMILES string of the molecule is Cc1ccc(C)c(C(=O)N(Cc2ccccn2)c2nc3ccccc3s2)c1. The maximum Gasteiger partial charge on any atom is 0.260 e. The molecule has 27 heavy (non-hydrogen) atoms. The zero-order valence-electron chi connectivity index (χ0n) is 15.2. The summed E-state index contributed by atoms with van der Waals surface area (Å²) in [5, 5.41) is 0.688. The zero-order chi connectivity index (χ0) is 18.8. The van der Waals surface area contributed by atoms with Crippen LogP contribution in [0.1, 0.15) is 27.2 Å². The maximum atomic E-state index is 13.5. The van der Waals surface area contributed by atoms with E-state index < -0.39 is 0 Å². The van der Waals surface area contributed by atoms with Crippen molar-refractivity contribution in [2.24, 2.45) is 0 Å². The molecule has 0 N–H and O–H groups in total. The minimum Gasteiger partial charge on any atom is -0.278 e. The summed E-state index contributed by atoms with van der Waals surface area (Å²) >= 11 is 1.52. The number of carbonyl (C=O) groups is 1. The van der Waals surface area contributed by atoms with E-state index in [1.165, 1.54) is 11.3 Å². The van der Waals surface area contributed by atoms with E-state index in [0.717, 1.165) is 27.0 Å². The van der Waals surface area contributed by atoms with Gasteiger partial charge in [-0.25, -0.2) is 4.98 Å². The van der Waals surface area contributed by atoms with Crippen LogP contribution in [0.3, 0.4) is 0 Å². The standard InChI is InChI=1S/C22H19N3OS/c1-15-10-11-16(2)18(13-15)21(26)25(14-17-7-5-6-12-23-17)22-24-19-8-3-4-9-20(19)27-22/h3-13H,14H2,1-2H3. The van der Waals surface area contributed by atoms with Gasteiger partial charge in [-0.2, -0.15) is 0 Å². The van der Waals surface area contributed by atoms with E-state index in [0.29, 0.717) is 17.2 Å². The molecule has 1 amide bonds. The summed E-state index contributed by atoms with van der Waals surface area (Å²) in [4.78, 5) is 24.3. The van der Waals surface area contributed by atoms with Crippen molar-refractivity contribution in [3.63, 3.8) is 0 Å². The topological polar surface area (TPSA) is 46.1 Å². The van der Waals surface area contributed by atoms with Gasteiger partial charge < -0.3 is 0 Å². The van der Waals surface area contributed by atoms with E-state index in [4.69, 9.17) is 4.98 Å². The Kier molecular flexibility index (Phi) is 4.69. The second-order valence-corrected chi connectivity index (χ2v) is 7.50. The van der Waals surface area contributed by atoms with Crippen molar-refractivity contribution in [2.75, 3.05) is 4.90 Å². The lowest BCUT2D eigenvalue weighted by Crippen LogP contribution is -2.31. The number of rotatable bonds is 4. The molecular weight excluding hydrogens is 354 g/mol. The van der Waals surface area contributed by atoms with Crippen LogP contribution in [0.4, 0.5) is 5.13 Å². The smallest absolute Gasteiger partial charge is 0.260 e. The number of para-hydroxylation sites is 1. The quantitative estimate of drug-likeness (QED) is 0.497. The van der Waals surface area contributed by atoms with Crippen LogP contribution < -0.4 is 4.90 Å². The summed E-state index contributed by atoms with van der Waals surface area (Å²) in [7, 11) is 0. The van der Waals surface area contributed by atoms with Gasteiger partial charge in [-0.15, -0.1) is 0 Å². The summed E-state index contributed by atoms with van der Waals surface area (Å²) < 4.78 is 1.06. The molecule has 0 radical (unpaired) electrons. The molecule has 0 bridgehead atoms. The van der Waals surface area contributed by atoms with Crippen LogP contribution in [0.2, 0.25) is 0 Å². The van der Waals surface area contributed by atoms with Crippen molar-refractivity contribution in [2.45, 2.75) is 20.4 Å². The molecule has 4 aromatic rings. The Hall–Kier alpha value is -3.05. The van der Waals surface area contributed by atoms with Gasteiger partial charge in [0.05, 0.1) is 22.5 Å². The molecule has 2 aromatic heterocycles. The molecule has 0 saturated heterocycles. The van der Waals surface area contributed by atoms with E-state index in [1.807, 2.05) is 74.5 Å². The molecule has 2 aromatic carbocycles. The Labute approximate surface area is 162 Å². The highest BCUT2D eigenvalue weighted by Gasteiger charge is 2.23. The molecule has 5 heteroatoms. The van der Waals surface area contributed by atoms with Gasteiger partial charge in [-0.1, -0.05) is 47.2 Å². The predicted octanol–water partition coefficient (Wildman–Crippen LogP) is 5.16. The summed E-state index contributed by atoms with van der Waals surface area (Å²) in [5.41, 5.74) is 4.45. The van der Waals surface area contributed by atoms with Crippen molar-refractivity contribution in [1.29, 1.82) is 0 Å². The van der Waals surface area contributed by atoms with Gasteiger partial charge in [0, 0.05) is 11.8 Å². The Morgan fingerprint density at radius 1 is 1.04 bits per heavy atom. The lowest BCUT2D eigenvalue weighted by Gasteiger charge is -2.21. The molecular formula is C22H19N3OS. The van der Waals surface area contributed by atoms with E-state index in [2.05, 4.69) is 4.98 Å². The van der Waals surface area contributed by atoms with Crippen LogP contribution in [-0.2, 0) is 6.54 Å². The Balaban J connectivity index is 1.79. The van der Waals surface area contributed by atoms with E-state index in [1.54, 1.807) is 11.1 Å². The molecule has 4 rings (SSSR count). The van der Waals surface area contributed by atoms with Gasteiger partial charge in [-0.05, 0) is 49.7 Å². The monoisotopic (exact) mass is 373 g/mol. The van der Waals surface area contributed by atoms with Gasteiger partial charge >= 0.3 is 0 Å². The van der Waals surface area contributed by atoms with Gasteiger partial charge in [-0.3, -0.25) is 14.7 Å². The Bertz CT molecular complexity index is 1070. The Morgan fingerprint density at radius 3 is 2.63 bits per heavy atom. The molecule has 0 unspecified atom stereocenters. The van der Waals surface area contributed by atoms with Crippen molar-refractivity contribution in [1.82, 2.24) is 9.97 Å². The first-order valence-corrected chi connectivity index (χ1v) is 9.58. The van der Waals surface area contributed by atoms with Gasteiger partial charge in [0.25, 0.3) is 5.91 Å². The van der Waals surface area contributed by atoms with Crippen molar-refractivity contribution in [3.05, 3.63) is 89.2 Å². The minimum absolute atomic E-state index is 0.0547. The molecule has 0 saturated carbocycles. The van der Waals surface area contributed by atoms with Crippen molar-refractivity contribution in [3.8, 4) is 0 Å². The number of aromatic nitrogens is 2. The number of carbonyl (C=O) groups excluding carboxylic acids is 1. The molecule has 0 aliphatic carbocycles. The third-order valence-electron chi connectivity index (χ3n) is 4.43. The highest BCUT2D eigenvalue weighted by atomic mass is 32.1. The largest absolute Gasteiger partial charge is 0.278 e. The fraction of sp³-hybridized carbons (Fsp3) is 0.136. The lowest BCUT2D eigenvalue weighted by atomic mass is 10.0. The van der Waals surface area contributed by atoms with E-state index in [-0.39, 0.29) is 5.91 Å². The second kappa shape index (κ2) is 7.29. The molecule has 134 valence electrons. The normalized spacial score (nSPS) is 10.9. The number of fused-ring (bicyclic) bond motifs is 1. The fourth-order valence-electron chi connectivity index (χ4n) is 2.97. The molecule has 0 aliphatic rings. The average Bonchev–Trinajstić information content (AvgIpc) is 3.12. The number of hydrogen-bond donors (Lipinski definition) is 0. The van der Waals surface area contributed by atoms with Gasteiger partial charge in [0.15, 0.2) is 5.13 Å². The highest BCUT2D eigenvalue weighted by molar-refractivity contribution is 7.22. The minimum atomic E-state index is -0.0547. The van der Waals surface area contributed by atoms with Crippen LogP contribution in [0.5, 0.6) is 0 Å². The van der Waals surface area contributed by atoms with Crippen molar-refractivity contribution < 1.29 is 4.79 Å². The number of benzene rings is 2. The number of pyridine rings is 1. The number of anilines is 1. The summed E-state index contributed by atoms with van der Waals surface area (Å²) in [5.74, 6) is -0.0547. The van der Waals surface area contributed by atoms with E-state index >= 15 is 0 Å². The summed E-state index contributed by atoms with van der Waals surface area (Å²) in [6, 6.07) is 19.6. The van der Waals surface area contributed by atoms with Crippen LogP contribution in [0.15, 0.2) is 66.9 Å². The zero-order valence-corrected chi connectivity index (χ0v) is 16.0. The van der Waals surface area contributed by atoms with Gasteiger partial charge in [0.1, 0.15) is 0 Å². The van der Waals surface area contributed by atoms with Gasteiger partial charge in [0.2, 0.25) is 0 Å². The van der Waals surface area contributed by atoms with Crippen molar-refractivity contribution >= 4 is 32.6 Å². The number of aryl methyl sites for hydroxylation is 2. The second-order valence-electron chi connectivity index (χ2n) is 6.49. The van der Waals surface area contributed by atoms with Crippen LogP contribution >= 0.6 is 11.3 Å².